The topological polar surface area (TPSA) is 79.0 Å². The zero-order chi connectivity index (χ0) is 18.6. The fraction of sp³-hybridized carbons (Fsp3) is 0.474. The number of nitrogens with zero attached hydrogens (tertiary/aromatic N) is 1. The smallest absolute Gasteiger partial charge is 0.264 e. The van der Waals surface area contributed by atoms with E-state index in [4.69, 9.17) is 16.3 Å². The minimum atomic E-state index is -0.866. The fourth-order valence-corrected chi connectivity index (χ4v) is 3.36. The lowest BCUT2D eigenvalue weighted by Crippen LogP contribution is -2.58. The molecule has 0 spiro atoms. The van der Waals surface area contributed by atoms with Gasteiger partial charge in [-0.3, -0.25) is 9.89 Å². The number of piperidine rings is 1. The first-order valence-electron chi connectivity index (χ1n) is 8.94. The average molecular weight is 377 g/mol. The number of carbonyl (C=O) groups excluding carboxylic acids is 1. The van der Waals surface area contributed by atoms with Gasteiger partial charge in [-0.2, -0.15) is 5.10 Å². The first-order chi connectivity index (χ1) is 12.5. The lowest BCUT2D eigenvalue weighted by Gasteiger charge is -2.37. The summed E-state index contributed by atoms with van der Waals surface area (Å²) in [6.07, 6.45) is 1.91. The number of H-pyrrole nitrogens is 1. The quantitative estimate of drug-likeness (QED) is 0.724. The van der Waals surface area contributed by atoms with E-state index in [9.17, 15) is 4.79 Å². The second kappa shape index (κ2) is 8.10. The van der Waals surface area contributed by atoms with E-state index in [0.29, 0.717) is 30.0 Å². The lowest BCUT2D eigenvalue weighted by molar-refractivity contribution is -0.139. The van der Waals surface area contributed by atoms with E-state index in [2.05, 4.69) is 20.8 Å². The summed E-state index contributed by atoms with van der Waals surface area (Å²) in [5.41, 5.74) is 1.09. The molecule has 0 radical (unpaired) electrons. The van der Waals surface area contributed by atoms with E-state index in [0.717, 1.165) is 24.5 Å². The summed E-state index contributed by atoms with van der Waals surface area (Å²) in [5, 5.41) is 14.2. The van der Waals surface area contributed by atoms with Gasteiger partial charge in [0.1, 0.15) is 5.75 Å². The number of nitrogens with one attached hydrogen (secondary N) is 3. The molecular weight excluding hydrogens is 352 g/mol. The fourth-order valence-electron chi connectivity index (χ4n) is 3.23. The Kier molecular flexibility index (Phi) is 5.84. The molecule has 1 amide bonds. The highest BCUT2D eigenvalue weighted by atomic mass is 35.5. The SMILES string of the molecule is Cc1cc(CC(C)NC(=O)C2(Oc3ccc(Cl)cc3)CCNCC2)n[nH]1. The zero-order valence-electron chi connectivity index (χ0n) is 15.1. The number of hydrogen-bond donors (Lipinski definition) is 3. The van der Waals surface area contributed by atoms with Crippen molar-refractivity contribution < 1.29 is 9.53 Å². The third kappa shape index (κ3) is 4.56. The van der Waals surface area contributed by atoms with Crippen molar-refractivity contribution in [3.8, 4) is 5.75 Å². The Balaban J connectivity index is 1.69. The van der Waals surface area contributed by atoms with Crippen molar-refractivity contribution in [2.45, 2.75) is 44.8 Å². The summed E-state index contributed by atoms with van der Waals surface area (Å²) in [7, 11) is 0. The number of carbonyl (C=O) groups is 1. The number of benzene rings is 1. The predicted octanol–water partition coefficient (Wildman–Crippen LogP) is 2.62. The van der Waals surface area contributed by atoms with E-state index >= 15 is 0 Å². The molecule has 1 saturated heterocycles. The number of halogens is 1. The monoisotopic (exact) mass is 376 g/mol. The zero-order valence-corrected chi connectivity index (χ0v) is 15.9. The van der Waals surface area contributed by atoms with Crippen LogP contribution in [0.2, 0.25) is 5.02 Å². The van der Waals surface area contributed by atoms with Crippen LogP contribution in [0, 0.1) is 6.92 Å². The van der Waals surface area contributed by atoms with Gasteiger partial charge >= 0.3 is 0 Å². The number of hydrogen-bond acceptors (Lipinski definition) is 4. The molecular formula is C19H25ClN4O2. The standard InChI is InChI=1S/C19H25ClN4O2/c1-13(11-16-12-14(2)23-24-16)22-18(25)19(7-9-21-10-8-19)26-17-5-3-15(20)4-6-17/h3-6,12-13,21H,7-11H2,1-2H3,(H,22,25)(H,23,24). The molecule has 7 heteroatoms. The van der Waals surface area contributed by atoms with Crippen LogP contribution in [-0.2, 0) is 11.2 Å². The van der Waals surface area contributed by atoms with Crippen molar-refractivity contribution in [3.63, 3.8) is 0 Å². The molecule has 3 rings (SSSR count). The highest BCUT2D eigenvalue weighted by molar-refractivity contribution is 6.30. The second-order valence-electron chi connectivity index (χ2n) is 6.92. The third-order valence-electron chi connectivity index (χ3n) is 4.60. The number of amides is 1. The van der Waals surface area contributed by atoms with Gasteiger partial charge in [0.2, 0.25) is 0 Å². The highest BCUT2D eigenvalue weighted by Gasteiger charge is 2.42. The Morgan fingerprint density at radius 3 is 2.65 bits per heavy atom. The number of aromatic nitrogens is 2. The molecule has 1 aromatic carbocycles. The number of ether oxygens (including phenoxy) is 1. The van der Waals surface area contributed by atoms with Gasteiger partial charge < -0.3 is 15.4 Å². The first kappa shape index (κ1) is 18.7. The molecule has 1 aliphatic rings. The molecule has 2 aromatic rings. The summed E-state index contributed by atoms with van der Waals surface area (Å²) in [5.74, 6) is 0.579. The van der Waals surface area contributed by atoms with Gasteiger partial charge in [0.25, 0.3) is 5.91 Å². The van der Waals surface area contributed by atoms with Crippen molar-refractivity contribution in [1.29, 1.82) is 0 Å². The molecule has 1 fully saturated rings. The van der Waals surface area contributed by atoms with Gasteiger partial charge in [-0.15, -0.1) is 0 Å². The first-order valence-corrected chi connectivity index (χ1v) is 9.32. The van der Waals surface area contributed by atoms with Crippen LogP contribution < -0.4 is 15.4 Å². The maximum atomic E-state index is 13.1. The average Bonchev–Trinajstić information content (AvgIpc) is 3.02. The number of rotatable bonds is 6. The van der Waals surface area contributed by atoms with Crippen molar-refractivity contribution in [2.75, 3.05) is 13.1 Å². The van der Waals surface area contributed by atoms with Crippen LogP contribution in [0.25, 0.3) is 0 Å². The number of aryl methyl sites for hydroxylation is 1. The van der Waals surface area contributed by atoms with Gasteiger partial charge in [-0.1, -0.05) is 11.6 Å². The largest absolute Gasteiger partial charge is 0.477 e. The molecule has 6 nitrogen and oxygen atoms in total. The van der Waals surface area contributed by atoms with Crippen molar-refractivity contribution >= 4 is 17.5 Å². The summed E-state index contributed by atoms with van der Waals surface area (Å²) >= 11 is 5.95. The van der Waals surface area contributed by atoms with Crippen molar-refractivity contribution in [1.82, 2.24) is 20.8 Å². The molecule has 0 aliphatic carbocycles. The van der Waals surface area contributed by atoms with Crippen LogP contribution in [0.4, 0.5) is 0 Å². The number of aromatic amines is 1. The van der Waals surface area contributed by atoms with E-state index < -0.39 is 5.60 Å². The summed E-state index contributed by atoms with van der Waals surface area (Å²) in [4.78, 5) is 13.1. The molecule has 1 aliphatic heterocycles. The van der Waals surface area contributed by atoms with E-state index in [1.165, 1.54) is 0 Å². The minimum Gasteiger partial charge on any atom is -0.477 e. The second-order valence-corrected chi connectivity index (χ2v) is 7.36. The molecule has 26 heavy (non-hydrogen) atoms. The van der Waals surface area contributed by atoms with Crippen LogP contribution in [0.15, 0.2) is 30.3 Å². The molecule has 3 N–H and O–H groups in total. The van der Waals surface area contributed by atoms with Crippen LogP contribution in [0.3, 0.4) is 0 Å². The van der Waals surface area contributed by atoms with Crippen LogP contribution >= 0.6 is 11.6 Å². The Morgan fingerprint density at radius 1 is 1.35 bits per heavy atom. The third-order valence-corrected chi connectivity index (χ3v) is 4.86. The lowest BCUT2D eigenvalue weighted by atomic mass is 9.90. The van der Waals surface area contributed by atoms with Crippen molar-refractivity contribution in [2.24, 2.45) is 0 Å². The van der Waals surface area contributed by atoms with Gasteiger partial charge in [-0.05, 0) is 57.3 Å². The maximum Gasteiger partial charge on any atom is 0.264 e. The van der Waals surface area contributed by atoms with Crippen LogP contribution in [-0.4, -0.2) is 40.8 Å². The summed E-state index contributed by atoms with van der Waals surface area (Å²) < 4.78 is 6.18. The van der Waals surface area contributed by atoms with Gasteiger partial charge in [-0.25, -0.2) is 0 Å². The van der Waals surface area contributed by atoms with E-state index in [-0.39, 0.29) is 11.9 Å². The normalized spacial score (nSPS) is 17.5. The Labute approximate surface area is 158 Å². The molecule has 1 unspecified atom stereocenters. The Morgan fingerprint density at radius 2 is 2.04 bits per heavy atom. The van der Waals surface area contributed by atoms with Crippen molar-refractivity contribution in [3.05, 3.63) is 46.7 Å². The minimum absolute atomic E-state index is 0.0363. The Bertz CT molecular complexity index is 738. The summed E-state index contributed by atoms with van der Waals surface area (Å²) in [6, 6.07) is 9.10. The van der Waals surface area contributed by atoms with Crippen LogP contribution in [0.5, 0.6) is 5.75 Å². The molecule has 0 saturated carbocycles. The maximum absolute atomic E-state index is 13.1. The predicted molar refractivity (Wildman–Crippen MR) is 102 cm³/mol. The molecule has 1 atom stereocenters. The van der Waals surface area contributed by atoms with E-state index in [1.54, 1.807) is 24.3 Å². The van der Waals surface area contributed by atoms with Gasteiger partial charge in [0.05, 0.1) is 5.69 Å². The van der Waals surface area contributed by atoms with E-state index in [1.807, 2.05) is 19.9 Å². The molecule has 1 aromatic heterocycles. The molecule has 0 bridgehead atoms. The van der Waals surface area contributed by atoms with Crippen LogP contribution in [0.1, 0.15) is 31.2 Å². The van der Waals surface area contributed by atoms with Gasteiger partial charge in [0, 0.05) is 36.0 Å². The molecule has 140 valence electrons. The summed E-state index contributed by atoms with van der Waals surface area (Å²) in [6.45, 7) is 5.44. The molecule has 2 heterocycles. The Hall–Kier alpha value is -2.05. The van der Waals surface area contributed by atoms with Gasteiger partial charge in [0.15, 0.2) is 5.60 Å². The highest BCUT2D eigenvalue weighted by Crippen LogP contribution is 2.28.